The Morgan fingerprint density at radius 3 is 2.68 bits per heavy atom. The van der Waals surface area contributed by atoms with Gasteiger partial charge in [0.05, 0.1) is 0 Å². The summed E-state index contributed by atoms with van der Waals surface area (Å²) in [5, 5.41) is 0. The van der Waals surface area contributed by atoms with Crippen molar-refractivity contribution in [3.8, 4) is 0 Å². The zero-order chi connectivity index (χ0) is 15.7. The Kier molecular flexibility index (Phi) is 4.21. The van der Waals surface area contributed by atoms with Crippen LogP contribution in [0, 0.1) is 0 Å². The molecule has 5 heteroatoms. The van der Waals surface area contributed by atoms with Crippen molar-refractivity contribution in [2.45, 2.75) is 51.4 Å². The van der Waals surface area contributed by atoms with Crippen LogP contribution < -0.4 is 0 Å². The Morgan fingerprint density at radius 2 is 2.00 bits per heavy atom. The number of esters is 1. The summed E-state index contributed by atoms with van der Waals surface area (Å²) in [4.78, 5) is 13.6. The Bertz CT molecular complexity index is 531. The maximum Gasteiger partial charge on any atom is 0.303 e. The molecule has 22 heavy (non-hydrogen) atoms. The van der Waals surface area contributed by atoms with Gasteiger partial charge in [0.2, 0.25) is 0 Å². The summed E-state index contributed by atoms with van der Waals surface area (Å²) in [6.45, 7) is 7.49. The van der Waals surface area contributed by atoms with E-state index in [0.29, 0.717) is 6.54 Å². The van der Waals surface area contributed by atoms with Gasteiger partial charge in [0.1, 0.15) is 18.3 Å². The molecule has 1 aromatic rings. The van der Waals surface area contributed by atoms with Gasteiger partial charge in [-0.2, -0.15) is 0 Å². The average molecular weight is 305 g/mol. The van der Waals surface area contributed by atoms with Crippen molar-refractivity contribution in [2.24, 2.45) is 0 Å². The lowest BCUT2D eigenvalue weighted by Gasteiger charge is -2.38. The average Bonchev–Trinajstić information content (AvgIpc) is 2.74. The Hall–Kier alpha value is -1.43. The van der Waals surface area contributed by atoms with Crippen molar-refractivity contribution < 1.29 is 19.0 Å². The number of carbonyl (C=O) groups excluding carboxylic acids is 1. The quantitative estimate of drug-likeness (QED) is 0.799. The minimum Gasteiger partial charge on any atom is -0.458 e. The van der Waals surface area contributed by atoms with Gasteiger partial charge in [-0.05, 0) is 19.4 Å². The first kappa shape index (κ1) is 15.5. The van der Waals surface area contributed by atoms with Crippen LogP contribution in [0.2, 0.25) is 0 Å². The molecule has 2 aliphatic heterocycles. The fraction of sp³-hybridized carbons (Fsp3) is 0.588. The lowest BCUT2D eigenvalue weighted by Crippen LogP contribution is -2.55. The third-order valence-corrected chi connectivity index (χ3v) is 4.03. The van der Waals surface area contributed by atoms with Crippen molar-refractivity contribution in [3.63, 3.8) is 0 Å². The molecule has 3 atom stereocenters. The minimum absolute atomic E-state index is 0.0724. The number of hydrogen-bond acceptors (Lipinski definition) is 5. The van der Waals surface area contributed by atoms with E-state index in [1.807, 2.05) is 32.0 Å². The first-order valence-electron chi connectivity index (χ1n) is 7.72. The van der Waals surface area contributed by atoms with Crippen LogP contribution in [0.5, 0.6) is 0 Å². The standard InChI is InChI=1S/C17H23NO4/c1-12(19)20-14-10-18(9-13-7-5-4-6-8-13)11-15-16(14)22-17(2,3)21-15/h4-8,14-16H,9-11H2,1-3H3/t14-,15+,16-/m1/s1. The Labute approximate surface area is 131 Å². The summed E-state index contributed by atoms with van der Waals surface area (Å²) in [7, 11) is 0. The van der Waals surface area contributed by atoms with E-state index >= 15 is 0 Å². The fourth-order valence-electron chi connectivity index (χ4n) is 3.30. The first-order chi connectivity index (χ1) is 10.4. The molecule has 2 heterocycles. The predicted octanol–water partition coefficient (Wildman–Crippen LogP) is 1.95. The molecule has 3 rings (SSSR count). The number of hydrogen-bond donors (Lipinski definition) is 0. The molecule has 0 aromatic heterocycles. The maximum absolute atomic E-state index is 11.4. The molecule has 0 unspecified atom stereocenters. The van der Waals surface area contributed by atoms with Gasteiger partial charge in [0, 0.05) is 26.6 Å². The van der Waals surface area contributed by atoms with Crippen LogP contribution in [0.4, 0.5) is 0 Å². The van der Waals surface area contributed by atoms with Gasteiger partial charge in [0.25, 0.3) is 0 Å². The number of carbonyl (C=O) groups is 1. The molecular formula is C17H23NO4. The lowest BCUT2D eigenvalue weighted by atomic mass is 10.0. The van der Waals surface area contributed by atoms with Crippen molar-refractivity contribution >= 4 is 5.97 Å². The normalized spacial score (nSPS) is 30.8. The smallest absolute Gasteiger partial charge is 0.303 e. The van der Waals surface area contributed by atoms with E-state index < -0.39 is 5.79 Å². The van der Waals surface area contributed by atoms with Gasteiger partial charge in [-0.1, -0.05) is 30.3 Å². The molecule has 120 valence electrons. The van der Waals surface area contributed by atoms with E-state index in [1.165, 1.54) is 12.5 Å². The van der Waals surface area contributed by atoms with Crippen molar-refractivity contribution in [1.82, 2.24) is 4.90 Å². The number of likely N-dealkylation sites (tertiary alicyclic amines) is 1. The zero-order valence-corrected chi connectivity index (χ0v) is 13.3. The monoisotopic (exact) mass is 305 g/mol. The summed E-state index contributed by atoms with van der Waals surface area (Å²) in [6.07, 6.45) is -0.551. The molecule has 1 aromatic carbocycles. The number of ether oxygens (including phenoxy) is 3. The molecule has 2 aliphatic rings. The zero-order valence-electron chi connectivity index (χ0n) is 13.3. The van der Waals surface area contributed by atoms with Gasteiger partial charge in [-0.15, -0.1) is 0 Å². The highest BCUT2D eigenvalue weighted by molar-refractivity contribution is 5.66. The summed E-state index contributed by atoms with van der Waals surface area (Å²) in [6, 6.07) is 10.3. The van der Waals surface area contributed by atoms with Crippen LogP contribution in [0.1, 0.15) is 26.3 Å². The number of fused-ring (bicyclic) bond motifs is 1. The van der Waals surface area contributed by atoms with Gasteiger partial charge in [-0.25, -0.2) is 0 Å². The topological polar surface area (TPSA) is 48.0 Å². The van der Waals surface area contributed by atoms with Crippen molar-refractivity contribution in [3.05, 3.63) is 35.9 Å². The summed E-state index contributed by atoms with van der Waals surface area (Å²) < 4.78 is 17.4. The number of rotatable bonds is 3. The molecule has 0 aliphatic carbocycles. The third-order valence-electron chi connectivity index (χ3n) is 4.03. The highest BCUT2D eigenvalue weighted by atomic mass is 16.8. The van der Waals surface area contributed by atoms with Crippen molar-refractivity contribution in [1.29, 1.82) is 0 Å². The highest BCUT2D eigenvalue weighted by Crippen LogP contribution is 2.34. The molecule has 0 spiro atoms. The van der Waals surface area contributed by atoms with Gasteiger partial charge < -0.3 is 14.2 Å². The molecule has 0 N–H and O–H groups in total. The number of benzene rings is 1. The molecule has 0 radical (unpaired) electrons. The second-order valence-electron chi connectivity index (χ2n) is 6.47. The predicted molar refractivity (Wildman–Crippen MR) is 81.1 cm³/mol. The summed E-state index contributed by atoms with van der Waals surface area (Å²) in [5.74, 6) is -0.908. The van der Waals surface area contributed by atoms with E-state index in [0.717, 1.165) is 13.1 Å². The highest BCUT2D eigenvalue weighted by Gasteiger charge is 2.50. The summed E-state index contributed by atoms with van der Waals surface area (Å²) in [5.41, 5.74) is 1.24. The minimum atomic E-state index is -0.628. The number of piperidine rings is 1. The molecule has 0 amide bonds. The Balaban J connectivity index is 1.73. The van der Waals surface area contributed by atoms with Gasteiger partial charge >= 0.3 is 5.97 Å². The Morgan fingerprint density at radius 1 is 1.27 bits per heavy atom. The summed E-state index contributed by atoms with van der Waals surface area (Å²) >= 11 is 0. The molecule has 0 bridgehead atoms. The number of nitrogens with zero attached hydrogens (tertiary/aromatic N) is 1. The fourth-order valence-corrected chi connectivity index (χ4v) is 3.30. The van der Waals surface area contributed by atoms with Crippen LogP contribution in [-0.2, 0) is 25.5 Å². The first-order valence-corrected chi connectivity index (χ1v) is 7.72. The molecule has 2 saturated heterocycles. The van der Waals surface area contributed by atoms with Crippen LogP contribution in [0.25, 0.3) is 0 Å². The van der Waals surface area contributed by atoms with E-state index in [9.17, 15) is 4.79 Å². The second kappa shape index (κ2) is 5.99. The van der Waals surface area contributed by atoms with E-state index in [4.69, 9.17) is 14.2 Å². The molecule has 2 fully saturated rings. The van der Waals surface area contributed by atoms with E-state index in [1.54, 1.807) is 0 Å². The molecule has 5 nitrogen and oxygen atoms in total. The maximum atomic E-state index is 11.4. The van der Waals surface area contributed by atoms with Gasteiger partial charge in [-0.3, -0.25) is 9.69 Å². The second-order valence-corrected chi connectivity index (χ2v) is 6.47. The van der Waals surface area contributed by atoms with Crippen LogP contribution in [0.3, 0.4) is 0 Å². The molecular weight excluding hydrogens is 282 g/mol. The van der Waals surface area contributed by atoms with E-state index in [-0.39, 0.29) is 24.3 Å². The van der Waals surface area contributed by atoms with Crippen molar-refractivity contribution in [2.75, 3.05) is 13.1 Å². The molecule has 0 saturated carbocycles. The third kappa shape index (κ3) is 3.48. The van der Waals surface area contributed by atoms with Crippen LogP contribution in [-0.4, -0.2) is 48.1 Å². The van der Waals surface area contributed by atoms with Gasteiger partial charge in [0.15, 0.2) is 5.79 Å². The van der Waals surface area contributed by atoms with Crippen LogP contribution in [0.15, 0.2) is 30.3 Å². The largest absolute Gasteiger partial charge is 0.458 e. The lowest BCUT2D eigenvalue weighted by molar-refractivity contribution is -0.169. The van der Waals surface area contributed by atoms with E-state index in [2.05, 4.69) is 17.0 Å². The van der Waals surface area contributed by atoms with Crippen LogP contribution >= 0.6 is 0 Å². The SMILES string of the molecule is CC(=O)O[C@@H]1CN(Cc2ccccc2)C[C@@H]2OC(C)(C)O[C@@H]21.